The van der Waals surface area contributed by atoms with Gasteiger partial charge in [-0.05, 0) is 30.4 Å². The Morgan fingerprint density at radius 2 is 2.41 bits per heavy atom. The molecule has 2 rings (SSSR count). The SMILES string of the molecule is N#Cc1ccc(NC(=O)C2CCSC2)c(F)c1. The molecule has 0 aliphatic carbocycles. The molecule has 1 unspecified atom stereocenters. The number of benzene rings is 1. The van der Waals surface area contributed by atoms with E-state index >= 15 is 0 Å². The van der Waals surface area contributed by atoms with Gasteiger partial charge in [-0.1, -0.05) is 0 Å². The fraction of sp³-hybridized carbons (Fsp3) is 0.333. The number of amides is 1. The van der Waals surface area contributed by atoms with Gasteiger partial charge in [0.15, 0.2) is 0 Å². The molecule has 1 aliphatic heterocycles. The second-order valence-corrected chi connectivity index (χ2v) is 5.01. The predicted octanol–water partition coefficient (Wildman–Crippen LogP) is 2.39. The Bertz CT molecular complexity index is 478. The Morgan fingerprint density at radius 1 is 1.59 bits per heavy atom. The minimum absolute atomic E-state index is 0.0324. The second-order valence-electron chi connectivity index (χ2n) is 3.86. The van der Waals surface area contributed by atoms with Gasteiger partial charge in [-0.2, -0.15) is 17.0 Å². The normalized spacial score (nSPS) is 18.7. The highest BCUT2D eigenvalue weighted by molar-refractivity contribution is 7.99. The summed E-state index contributed by atoms with van der Waals surface area (Å²) >= 11 is 1.73. The number of halogens is 1. The summed E-state index contributed by atoms with van der Waals surface area (Å²) in [5.41, 5.74) is 0.392. The van der Waals surface area contributed by atoms with Gasteiger partial charge in [0.1, 0.15) is 5.82 Å². The van der Waals surface area contributed by atoms with Crippen molar-refractivity contribution in [2.45, 2.75) is 6.42 Å². The maximum Gasteiger partial charge on any atom is 0.228 e. The van der Waals surface area contributed by atoms with Gasteiger partial charge < -0.3 is 5.32 Å². The number of hydrogen-bond donors (Lipinski definition) is 1. The highest BCUT2D eigenvalue weighted by Gasteiger charge is 2.23. The summed E-state index contributed by atoms with van der Waals surface area (Å²) in [5.74, 6) is 1.04. The zero-order valence-electron chi connectivity index (χ0n) is 9.07. The van der Waals surface area contributed by atoms with Gasteiger partial charge in [-0.3, -0.25) is 4.79 Å². The van der Waals surface area contributed by atoms with E-state index in [9.17, 15) is 9.18 Å². The first-order chi connectivity index (χ1) is 8.20. The van der Waals surface area contributed by atoms with Gasteiger partial charge in [0.05, 0.1) is 17.3 Å². The number of anilines is 1. The van der Waals surface area contributed by atoms with Crippen molar-refractivity contribution in [3.8, 4) is 6.07 Å². The van der Waals surface area contributed by atoms with Crippen LogP contribution in [0.2, 0.25) is 0 Å². The van der Waals surface area contributed by atoms with Gasteiger partial charge in [-0.25, -0.2) is 4.39 Å². The van der Waals surface area contributed by atoms with Crippen LogP contribution in [0, 0.1) is 23.1 Å². The Hall–Kier alpha value is -1.54. The Labute approximate surface area is 103 Å². The summed E-state index contributed by atoms with van der Waals surface area (Å²) in [6.07, 6.45) is 0.842. The number of carbonyl (C=O) groups excluding carboxylic acids is 1. The van der Waals surface area contributed by atoms with E-state index in [1.54, 1.807) is 11.8 Å². The van der Waals surface area contributed by atoms with Crippen LogP contribution in [0.3, 0.4) is 0 Å². The molecule has 5 heteroatoms. The first-order valence-electron chi connectivity index (χ1n) is 5.29. The smallest absolute Gasteiger partial charge is 0.228 e. The molecule has 0 saturated carbocycles. The molecule has 17 heavy (non-hydrogen) atoms. The lowest BCUT2D eigenvalue weighted by Gasteiger charge is -2.10. The van der Waals surface area contributed by atoms with Crippen molar-refractivity contribution in [1.82, 2.24) is 0 Å². The number of nitrogens with zero attached hydrogens (tertiary/aromatic N) is 1. The topological polar surface area (TPSA) is 52.9 Å². The van der Waals surface area contributed by atoms with Gasteiger partial charge in [0.25, 0.3) is 0 Å². The van der Waals surface area contributed by atoms with Crippen LogP contribution < -0.4 is 5.32 Å². The minimum atomic E-state index is -0.567. The van der Waals surface area contributed by atoms with E-state index in [0.717, 1.165) is 24.0 Å². The quantitative estimate of drug-likeness (QED) is 0.876. The summed E-state index contributed by atoms with van der Waals surface area (Å²) < 4.78 is 13.5. The van der Waals surface area contributed by atoms with Crippen molar-refractivity contribution in [3.05, 3.63) is 29.6 Å². The van der Waals surface area contributed by atoms with E-state index in [1.807, 2.05) is 6.07 Å². The third-order valence-electron chi connectivity index (χ3n) is 2.66. The zero-order valence-corrected chi connectivity index (χ0v) is 9.89. The summed E-state index contributed by atoms with van der Waals surface area (Å²) in [4.78, 5) is 11.8. The molecule has 1 heterocycles. The van der Waals surface area contributed by atoms with Crippen molar-refractivity contribution < 1.29 is 9.18 Å². The number of nitrogens with one attached hydrogen (secondary N) is 1. The summed E-state index contributed by atoms with van der Waals surface area (Å²) in [6, 6.07) is 5.88. The lowest BCUT2D eigenvalue weighted by molar-refractivity contribution is -0.119. The monoisotopic (exact) mass is 250 g/mol. The average molecular weight is 250 g/mol. The molecule has 1 amide bonds. The molecule has 0 spiro atoms. The molecule has 1 atom stereocenters. The molecule has 3 nitrogen and oxygen atoms in total. The molecule has 88 valence electrons. The number of nitriles is 1. The second kappa shape index (κ2) is 5.19. The highest BCUT2D eigenvalue weighted by Crippen LogP contribution is 2.25. The van der Waals surface area contributed by atoms with Gasteiger partial charge >= 0.3 is 0 Å². The van der Waals surface area contributed by atoms with Crippen molar-refractivity contribution in [3.63, 3.8) is 0 Å². The van der Waals surface area contributed by atoms with E-state index < -0.39 is 5.82 Å². The maximum atomic E-state index is 13.5. The summed E-state index contributed by atoms with van der Waals surface area (Å²) in [6.45, 7) is 0. The summed E-state index contributed by atoms with van der Waals surface area (Å²) in [7, 11) is 0. The van der Waals surface area contributed by atoms with Crippen molar-refractivity contribution in [1.29, 1.82) is 5.26 Å². The molecule has 1 aromatic carbocycles. The van der Waals surface area contributed by atoms with Gasteiger partial charge in [0.2, 0.25) is 5.91 Å². The van der Waals surface area contributed by atoms with Crippen molar-refractivity contribution >= 4 is 23.4 Å². The van der Waals surface area contributed by atoms with E-state index in [0.29, 0.717) is 0 Å². The Morgan fingerprint density at radius 3 is 3.00 bits per heavy atom. The third kappa shape index (κ3) is 2.77. The molecule has 1 aliphatic rings. The van der Waals surface area contributed by atoms with Crippen LogP contribution in [0.15, 0.2) is 18.2 Å². The first-order valence-corrected chi connectivity index (χ1v) is 6.44. The first kappa shape index (κ1) is 11.9. The third-order valence-corrected chi connectivity index (χ3v) is 3.82. The predicted molar refractivity (Wildman–Crippen MR) is 65.2 cm³/mol. The Kier molecular flexibility index (Phi) is 3.64. The molecule has 1 N–H and O–H groups in total. The number of rotatable bonds is 2. The van der Waals surface area contributed by atoms with E-state index in [-0.39, 0.29) is 23.1 Å². The highest BCUT2D eigenvalue weighted by atomic mass is 32.2. The molecular weight excluding hydrogens is 239 g/mol. The van der Waals surface area contributed by atoms with E-state index in [2.05, 4.69) is 5.32 Å². The fourth-order valence-corrected chi connectivity index (χ4v) is 2.88. The molecule has 1 fully saturated rings. The lowest BCUT2D eigenvalue weighted by atomic mass is 10.1. The van der Waals surface area contributed by atoms with Crippen LogP contribution in [0.4, 0.5) is 10.1 Å². The zero-order chi connectivity index (χ0) is 12.3. The summed E-state index contributed by atoms with van der Waals surface area (Å²) in [5, 5.41) is 11.2. The van der Waals surface area contributed by atoms with Crippen LogP contribution >= 0.6 is 11.8 Å². The Balaban J connectivity index is 2.08. The van der Waals surface area contributed by atoms with Crippen LogP contribution in [0.25, 0.3) is 0 Å². The van der Waals surface area contributed by atoms with Crippen LogP contribution in [0.1, 0.15) is 12.0 Å². The van der Waals surface area contributed by atoms with Crippen LogP contribution in [-0.4, -0.2) is 17.4 Å². The fourth-order valence-electron chi connectivity index (χ4n) is 1.66. The number of carbonyl (C=O) groups is 1. The maximum absolute atomic E-state index is 13.5. The van der Waals surface area contributed by atoms with Gasteiger partial charge in [0, 0.05) is 11.7 Å². The molecule has 0 bridgehead atoms. The lowest BCUT2D eigenvalue weighted by Crippen LogP contribution is -2.22. The van der Waals surface area contributed by atoms with Crippen molar-refractivity contribution in [2.24, 2.45) is 5.92 Å². The molecular formula is C12H11FN2OS. The largest absolute Gasteiger partial charge is 0.323 e. The van der Waals surface area contributed by atoms with E-state index in [1.165, 1.54) is 12.1 Å². The molecule has 1 aromatic rings. The minimum Gasteiger partial charge on any atom is -0.323 e. The molecule has 1 saturated heterocycles. The standard InChI is InChI=1S/C12H11FN2OS/c13-10-5-8(6-14)1-2-11(10)15-12(16)9-3-4-17-7-9/h1-2,5,9H,3-4,7H2,(H,15,16). The van der Waals surface area contributed by atoms with Gasteiger partial charge in [-0.15, -0.1) is 0 Å². The van der Waals surface area contributed by atoms with Crippen LogP contribution in [0.5, 0.6) is 0 Å². The number of hydrogen-bond acceptors (Lipinski definition) is 3. The van der Waals surface area contributed by atoms with Crippen LogP contribution in [-0.2, 0) is 4.79 Å². The number of thioether (sulfide) groups is 1. The molecule has 0 aromatic heterocycles. The molecule has 0 radical (unpaired) electrons. The van der Waals surface area contributed by atoms with E-state index in [4.69, 9.17) is 5.26 Å². The van der Waals surface area contributed by atoms with Crippen molar-refractivity contribution in [2.75, 3.05) is 16.8 Å². The average Bonchev–Trinajstić information content (AvgIpc) is 2.85.